The van der Waals surface area contributed by atoms with Crippen molar-refractivity contribution in [2.75, 3.05) is 20.6 Å². The summed E-state index contributed by atoms with van der Waals surface area (Å²) in [4.78, 5) is 2.26. The number of rotatable bonds is 3. The standard InChI is InChI=1S/C21H25N.ClH/c1-16(15-22(2)3)14-21-19-10-6-4-8-17(19)12-13-18-9-5-7-11-20(18)21;/h4-11,14,16H,12-13,15H2,1-3H3;1H. The minimum atomic E-state index is 0. The van der Waals surface area contributed by atoms with E-state index in [1.165, 1.54) is 27.8 Å². The van der Waals surface area contributed by atoms with Crippen LogP contribution < -0.4 is 0 Å². The van der Waals surface area contributed by atoms with E-state index in [4.69, 9.17) is 0 Å². The Labute approximate surface area is 146 Å². The van der Waals surface area contributed by atoms with Crippen LogP contribution in [-0.4, -0.2) is 25.5 Å². The molecule has 0 bridgehead atoms. The monoisotopic (exact) mass is 327 g/mol. The molecule has 0 radical (unpaired) electrons. The molecule has 0 aromatic heterocycles. The zero-order valence-electron chi connectivity index (χ0n) is 14.3. The first-order valence-electron chi connectivity index (χ1n) is 8.18. The Balaban J connectivity index is 0.00000192. The van der Waals surface area contributed by atoms with E-state index in [1.807, 2.05) is 0 Å². The molecule has 0 aliphatic heterocycles. The largest absolute Gasteiger partial charge is 0.309 e. The summed E-state index contributed by atoms with van der Waals surface area (Å²) in [6.07, 6.45) is 4.72. The van der Waals surface area contributed by atoms with Gasteiger partial charge < -0.3 is 4.90 Å². The molecule has 23 heavy (non-hydrogen) atoms. The summed E-state index contributed by atoms with van der Waals surface area (Å²) in [6, 6.07) is 17.8. The molecule has 0 spiro atoms. The fourth-order valence-electron chi connectivity index (χ4n) is 3.51. The number of hydrogen-bond acceptors (Lipinski definition) is 1. The quantitative estimate of drug-likeness (QED) is 0.780. The second kappa shape index (κ2) is 7.81. The molecule has 0 saturated heterocycles. The van der Waals surface area contributed by atoms with Crippen LogP contribution in [0.4, 0.5) is 0 Å². The second-order valence-electron chi connectivity index (χ2n) is 6.63. The van der Waals surface area contributed by atoms with Gasteiger partial charge in [0.15, 0.2) is 0 Å². The van der Waals surface area contributed by atoms with E-state index in [0.29, 0.717) is 5.92 Å². The summed E-state index contributed by atoms with van der Waals surface area (Å²) < 4.78 is 0. The lowest BCUT2D eigenvalue weighted by atomic mass is 9.91. The van der Waals surface area contributed by atoms with Gasteiger partial charge in [-0.15, -0.1) is 12.4 Å². The van der Waals surface area contributed by atoms with Crippen LogP contribution in [0.2, 0.25) is 0 Å². The van der Waals surface area contributed by atoms with Crippen LogP contribution >= 0.6 is 12.4 Å². The smallest absolute Gasteiger partial charge is 0.00359 e. The molecular weight excluding hydrogens is 302 g/mol. The number of hydrogen-bond donors (Lipinski definition) is 0. The van der Waals surface area contributed by atoms with Gasteiger partial charge in [0.1, 0.15) is 0 Å². The molecule has 1 aliphatic rings. The van der Waals surface area contributed by atoms with Crippen molar-refractivity contribution >= 4 is 18.0 Å². The summed E-state index contributed by atoms with van der Waals surface area (Å²) in [5.74, 6) is 0.532. The van der Waals surface area contributed by atoms with Crippen LogP contribution in [-0.2, 0) is 12.8 Å². The molecule has 3 rings (SSSR count). The fraction of sp³-hybridized carbons (Fsp3) is 0.333. The molecule has 2 heteroatoms. The Kier molecular flexibility index (Phi) is 6.04. The zero-order chi connectivity index (χ0) is 15.5. The summed E-state index contributed by atoms with van der Waals surface area (Å²) in [7, 11) is 4.29. The van der Waals surface area contributed by atoms with Gasteiger partial charge in [0, 0.05) is 6.54 Å². The maximum Gasteiger partial charge on any atom is 0.00359 e. The number of nitrogens with zero attached hydrogens (tertiary/aromatic N) is 1. The Morgan fingerprint density at radius 2 is 1.39 bits per heavy atom. The molecule has 122 valence electrons. The molecule has 2 aromatic rings. The molecule has 0 N–H and O–H groups in total. The molecule has 1 unspecified atom stereocenters. The van der Waals surface area contributed by atoms with Gasteiger partial charge in [0.2, 0.25) is 0 Å². The van der Waals surface area contributed by atoms with Gasteiger partial charge in [-0.25, -0.2) is 0 Å². The van der Waals surface area contributed by atoms with Crippen LogP contribution in [0.5, 0.6) is 0 Å². The number of halogens is 1. The number of benzene rings is 2. The molecule has 0 amide bonds. The van der Waals surface area contributed by atoms with Gasteiger partial charge in [-0.3, -0.25) is 0 Å². The number of aryl methyl sites for hydroxylation is 2. The fourth-order valence-corrected chi connectivity index (χ4v) is 3.51. The summed E-state index contributed by atoms with van der Waals surface area (Å²) in [5.41, 5.74) is 7.19. The van der Waals surface area contributed by atoms with E-state index < -0.39 is 0 Å². The number of fused-ring (bicyclic) bond motifs is 2. The van der Waals surface area contributed by atoms with Gasteiger partial charge in [0.05, 0.1) is 0 Å². The SMILES string of the molecule is CC(C=C1c2ccccc2CCc2ccccc21)CN(C)C.Cl. The van der Waals surface area contributed by atoms with E-state index in [0.717, 1.165) is 19.4 Å². The first-order chi connectivity index (χ1) is 10.6. The van der Waals surface area contributed by atoms with Crippen molar-refractivity contribution in [1.82, 2.24) is 4.90 Å². The minimum Gasteiger partial charge on any atom is -0.309 e. The molecule has 0 fully saturated rings. The lowest BCUT2D eigenvalue weighted by Gasteiger charge is -2.17. The predicted molar refractivity (Wildman–Crippen MR) is 102 cm³/mol. The van der Waals surface area contributed by atoms with E-state index >= 15 is 0 Å². The third-order valence-corrected chi connectivity index (χ3v) is 4.38. The van der Waals surface area contributed by atoms with Crippen molar-refractivity contribution in [3.63, 3.8) is 0 Å². The van der Waals surface area contributed by atoms with Crippen LogP contribution in [0.1, 0.15) is 29.2 Å². The van der Waals surface area contributed by atoms with E-state index in [2.05, 4.69) is 80.5 Å². The molecule has 1 aliphatic carbocycles. The highest BCUT2D eigenvalue weighted by Gasteiger charge is 2.18. The van der Waals surface area contributed by atoms with Crippen LogP contribution in [0.3, 0.4) is 0 Å². The normalized spacial score (nSPS) is 14.3. The first-order valence-corrected chi connectivity index (χ1v) is 8.18. The van der Waals surface area contributed by atoms with Gasteiger partial charge >= 0.3 is 0 Å². The average molecular weight is 328 g/mol. The molecular formula is C21H26ClN. The molecule has 1 atom stereocenters. The second-order valence-corrected chi connectivity index (χ2v) is 6.63. The molecule has 0 saturated carbocycles. The Hall–Kier alpha value is -1.57. The highest BCUT2D eigenvalue weighted by molar-refractivity contribution is 5.85. The van der Waals surface area contributed by atoms with Crippen molar-refractivity contribution < 1.29 is 0 Å². The van der Waals surface area contributed by atoms with E-state index in [-0.39, 0.29) is 12.4 Å². The third kappa shape index (κ3) is 4.04. The Bertz CT molecular complexity index is 638. The van der Waals surface area contributed by atoms with Gasteiger partial charge in [-0.05, 0) is 60.7 Å². The van der Waals surface area contributed by atoms with Crippen LogP contribution in [0.15, 0.2) is 54.6 Å². The van der Waals surface area contributed by atoms with Crippen LogP contribution in [0.25, 0.3) is 5.57 Å². The summed E-state index contributed by atoms with van der Waals surface area (Å²) >= 11 is 0. The molecule has 1 nitrogen and oxygen atoms in total. The van der Waals surface area contributed by atoms with Gasteiger partial charge in [0.25, 0.3) is 0 Å². The van der Waals surface area contributed by atoms with Gasteiger partial charge in [-0.2, -0.15) is 0 Å². The Morgan fingerprint density at radius 3 is 1.87 bits per heavy atom. The lowest BCUT2D eigenvalue weighted by Crippen LogP contribution is -2.18. The highest BCUT2D eigenvalue weighted by atomic mass is 35.5. The van der Waals surface area contributed by atoms with Crippen molar-refractivity contribution in [2.24, 2.45) is 5.92 Å². The molecule has 2 aromatic carbocycles. The van der Waals surface area contributed by atoms with Gasteiger partial charge in [-0.1, -0.05) is 61.5 Å². The topological polar surface area (TPSA) is 3.24 Å². The summed E-state index contributed by atoms with van der Waals surface area (Å²) in [5, 5.41) is 0. The van der Waals surface area contributed by atoms with Crippen molar-refractivity contribution in [2.45, 2.75) is 19.8 Å². The molecule has 0 heterocycles. The zero-order valence-corrected chi connectivity index (χ0v) is 15.1. The van der Waals surface area contributed by atoms with Crippen molar-refractivity contribution in [3.8, 4) is 0 Å². The predicted octanol–water partition coefficient (Wildman–Crippen LogP) is 4.84. The lowest BCUT2D eigenvalue weighted by molar-refractivity contribution is 0.371. The van der Waals surface area contributed by atoms with E-state index in [9.17, 15) is 0 Å². The maximum absolute atomic E-state index is 2.46. The highest BCUT2D eigenvalue weighted by Crippen LogP contribution is 2.34. The summed E-state index contributed by atoms with van der Waals surface area (Å²) in [6.45, 7) is 3.39. The van der Waals surface area contributed by atoms with E-state index in [1.54, 1.807) is 0 Å². The third-order valence-electron chi connectivity index (χ3n) is 4.38. The maximum atomic E-state index is 2.46. The first kappa shape index (κ1) is 17.8. The average Bonchev–Trinajstić information content (AvgIpc) is 2.65. The minimum absolute atomic E-state index is 0. The van der Waals surface area contributed by atoms with Crippen LogP contribution in [0, 0.1) is 5.92 Å². The van der Waals surface area contributed by atoms with Crippen molar-refractivity contribution in [3.05, 3.63) is 76.9 Å². The van der Waals surface area contributed by atoms with Crippen molar-refractivity contribution in [1.29, 1.82) is 0 Å². The Morgan fingerprint density at radius 1 is 0.913 bits per heavy atom.